The first-order chi connectivity index (χ1) is 6.68. The van der Waals surface area contributed by atoms with Crippen molar-refractivity contribution < 1.29 is 5.11 Å². The molecule has 0 radical (unpaired) electrons. The summed E-state index contributed by atoms with van der Waals surface area (Å²) in [6.07, 6.45) is 3.92. The number of hydrogen-bond acceptors (Lipinski definition) is 4. The molecule has 2 unspecified atom stereocenters. The second-order valence-electron chi connectivity index (χ2n) is 3.53. The Morgan fingerprint density at radius 1 is 1.36 bits per heavy atom. The monoisotopic (exact) mass is 195 g/mol. The molecule has 14 heavy (non-hydrogen) atoms. The maximum Gasteiger partial charge on any atom is 0.141 e. The molecule has 4 heteroatoms. The number of hydrogen-bond donors (Lipinski definition) is 2. The molecule has 0 aliphatic heterocycles. The van der Waals surface area contributed by atoms with Crippen molar-refractivity contribution in [1.29, 1.82) is 0 Å². The highest BCUT2D eigenvalue weighted by atomic mass is 16.3. The molecule has 1 aromatic heterocycles. The molecule has 0 saturated heterocycles. The van der Waals surface area contributed by atoms with Crippen molar-refractivity contribution in [3.8, 4) is 0 Å². The van der Waals surface area contributed by atoms with Gasteiger partial charge >= 0.3 is 0 Å². The Morgan fingerprint density at radius 2 is 2.00 bits per heavy atom. The van der Waals surface area contributed by atoms with Gasteiger partial charge in [-0.05, 0) is 26.3 Å². The van der Waals surface area contributed by atoms with Gasteiger partial charge in [0.05, 0.1) is 12.6 Å². The fourth-order valence-corrected chi connectivity index (χ4v) is 1.28. The lowest BCUT2D eigenvalue weighted by molar-refractivity contribution is 0.170. The smallest absolute Gasteiger partial charge is 0.141 e. The highest BCUT2D eigenvalue weighted by molar-refractivity contribution is 4.88. The van der Waals surface area contributed by atoms with Crippen LogP contribution in [0.1, 0.15) is 26.1 Å². The highest BCUT2D eigenvalue weighted by Gasteiger charge is 2.05. The first-order valence-corrected chi connectivity index (χ1v) is 4.86. The summed E-state index contributed by atoms with van der Waals surface area (Å²) in [7, 11) is 0. The van der Waals surface area contributed by atoms with Gasteiger partial charge in [-0.25, -0.2) is 9.97 Å². The van der Waals surface area contributed by atoms with Gasteiger partial charge in [-0.1, -0.05) is 0 Å². The lowest BCUT2D eigenvalue weighted by Crippen LogP contribution is -2.29. The zero-order valence-corrected chi connectivity index (χ0v) is 8.64. The third-order valence-corrected chi connectivity index (χ3v) is 1.92. The Balaban J connectivity index is 2.27. The van der Waals surface area contributed by atoms with E-state index in [9.17, 15) is 0 Å². The van der Waals surface area contributed by atoms with Crippen molar-refractivity contribution in [3.63, 3.8) is 0 Å². The number of aliphatic hydroxyl groups is 1. The molecular formula is C10H17N3O. The van der Waals surface area contributed by atoms with Crippen LogP contribution in [0.25, 0.3) is 0 Å². The fraction of sp³-hybridized carbons (Fsp3) is 0.600. The van der Waals surface area contributed by atoms with E-state index in [-0.39, 0.29) is 12.1 Å². The van der Waals surface area contributed by atoms with Crippen molar-refractivity contribution in [3.05, 3.63) is 24.3 Å². The van der Waals surface area contributed by atoms with Crippen LogP contribution in [-0.2, 0) is 6.54 Å². The zero-order valence-electron chi connectivity index (χ0n) is 8.64. The molecule has 4 nitrogen and oxygen atoms in total. The van der Waals surface area contributed by atoms with Crippen LogP contribution in [0.15, 0.2) is 18.5 Å². The summed E-state index contributed by atoms with van der Waals surface area (Å²) in [6, 6.07) is 2.07. The standard InChI is InChI=1S/C10H17N3O/c1-8(6-9(2)14)13-7-10-11-4-3-5-12-10/h3-5,8-9,13-14H,6-7H2,1-2H3. The minimum absolute atomic E-state index is 0.269. The van der Waals surface area contributed by atoms with E-state index >= 15 is 0 Å². The van der Waals surface area contributed by atoms with Gasteiger partial charge in [0, 0.05) is 18.4 Å². The van der Waals surface area contributed by atoms with Crippen molar-refractivity contribution in [1.82, 2.24) is 15.3 Å². The van der Waals surface area contributed by atoms with Crippen LogP contribution in [0.5, 0.6) is 0 Å². The Hall–Kier alpha value is -1.00. The predicted molar refractivity (Wildman–Crippen MR) is 54.6 cm³/mol. The van der Waals surface area contributed by atoms with Crippen molar-refractivity contribution in [2.24, 2.45) is 0 Å². The molecule has 0 aliphatic carbocycles. The number of rotatable bonds is 5. The predicted octanol–water partition coefficient (Wildman–Crippen LogP) is 0.726. The van der Waals surface area contributed by atoms with E-state index in [2.05, 4.69) is 15.3 Å². The number of aliphatic hydroxyl groups excluding tert-OH is 1. The zero-order chi connectivity index (χ0) is 10.4. The number of nitrogens with zero attached hydrogens (tertiary/aromatic N) is 2. The molecule has 0 saturated carbocycles. The maximum absolute atomic E-state index is 9.15. The van der Waals surface area contributed by atoms with Crippen LogP contribution in [-0.4, -0.2) is 27.2 Å². The molecule has 1 aromatic rings. The average molecular weight is 195 g/mol. The van der Waals surface area contributed by atoms with E-state index in [1.807, 2.05) is 6.92 Å². The van der Waals surface area contributed by atoms with Gasteiger partial charge in [-0.2, -0.15) is 0 Å². The second-order valence-corrected chi connectivity index (χ2v) is 3.53. The van der Waals surface area contributed by atoms with Crippen molar-refractivity contribution in [2.45, 2.75) is 39.0 Å². The Kier molecular flexibility index (Phi) is 4.49. The summed E-state index contributed by atoms with van der Waals surface area (Å²) < 4.78 is 0. The van der Waals surface area contributed by atoms with Crippen LogP contribution < -0.4 is 5.32 Å². The minimum atomic E-state index is -0.269. The van der Waals surface area contributed by atoms with Crippen molar-refractivity contribution in [2.75, 3.05) is 0 Å². The molecule has 2 atom stereocenters. The molecule has 0 spiro atoms. The van der Waals surface area contributed by atoms with Gasteiger partial charge in [-0.15, -0.1) is 0 Å². The minimum Gasteiger partial charge on any atom is -0.393 e. The fourth-order valence-electron chi connectivity index (χ4n) is 1.28. The molecule has 1 rings (SSSR count). The summed E-state index contributed by atoms with van der Waals surface area (Å²) in [6.45, 7) is 4.47. The Bertz CT molecular complexity index is 251. The first kappa shape index (κ1) is 11.1. The molecule has 0 aliphatic rings. The summed E-state index contributed by atoms with van der Waals surface area (Å²) in [5.41, 5.74) is 0. The van der Waals surface area contributed by atoms with E-state index in [4.69, 9.17) is 5.11 Å². The number of nitrogens with one attached hydrogen (secondary N) is 1. The lowest BCUT2D eigenvalue weighted by Gasteiger charge is -2.14. The summed E-state index contributed by atoms with van der Waals surface area (Å²) in [4.78, 5) is 8.19. The summed E-state index contributed by atoms with van der Waals surface area (Å²) >= 11 is 0. The summed E-state index contributed by atoms with van der Waals surface area (Å²) in [5, 5.41) is 12.4. The van der Waals surface area contributed by atoms with Gasteiger partial charge in [-0.3, -0.25) is 0 Å². The third-order valence-electron chi connectivity index (χ3n) is 1.92. The van der Waals surface area contributed by atoms with Crippen LogP contribution >= 0.6 is 0 Å². The normalized spacial score (nSPS) is 15.1. The van der Waals surface area contributed by atoms with Crippen LogP contribution in [0.2, 0.25) is 0 Å². The molecular weight excluding hydrogens is 178 g/mol. The van der Waals surface area contributed by atoms with Crippen LogP contribution in [0.3, 0.4) is 0 Å². The molecule has 78 valence electrons. The van der Waals surface area contributed by atoms with Crippen LogP contribution in [0.4, 0.5) is 0 Å². The average Bonchev–Trinajstić information content (AvgIpc) is 2.15. The molecule has 1 heterocycles. The van der Waals surface area contributed by atoms with E-state index in [0.717, 1.165) is 12.2 Å². The molecule has 0 aromatic carbocycles. The van der Waals surface area contributed by atoms with Gasteiger partial charge < -0.3 is 10.4 Å². The highest BCUT2D eigenvalue weighted by Crippen LogP contribution is 1.97. The van der Waals surface area contributed by atoms with Gasteiger partial charge in [0.2, 0.25) is 0 Å². The SMILES string of the molecule is CC(O)CC(C)NCc1ncccn1. The van der Waals surface area contributed by atoms with Gasteiger partial charge in [0.1, 0.15) is 5.82 Å². The Morgan fingerprint density at radius 3 is 2.57 bits per heavy atom. The quantitative estimate of drug-likeness (QED) is 0.727. The molecule has 0 fully saturated rings. The molecule has 2 N–H and O–H groups in total. The van der Waals surface area contributed by atoms with E-state index in [0.29, 0.717) is 6.54 Å². The van der Waals surface area contributed by atoms with Gasteiger partial charge in [0.15, 0.2) is 0 Å². The van der Waals surface area contributed by atoms with E-state index in [1.54, 1.807) is 25.4 Å². The summed E-state index contributed by atoms with van der Waals surface area (Å²) in [5.74, 6) is 0.782. The van der Waals surface area contributed by atoms with E-state index in [1.165, 1.54) is 0 Å². The number of aromatic nitrogens is 2. The maximum atomic E-state index is 9.15. The topological polar surface area (TPSA) is 58.0 Å². The Labute approximate surface area is 84.4 Å². The van der Waals surface area contributed by atoms with Gasteiger partial charge in [0.25, 0.3) is 0 Å². The van der Waals surface area contributed by atoms with Crippen molar-refractivity contribution >= 4 is 0 Å². The lowest BCUT2D eigenvalue weighted by atomic mass is 10.1. The van der Waals surface area contributed by atoms with Crippen LogP contribution in [0, 0.1) is 0 Å². The third kappa shape index (κ3) is 4.30. The van der Waals surface area contributed by atoms with E-state index < -0.39 is 0 Å². The second kappa shape index (κ2) is 5.67. The largest absolute Gasteiger partial charge is 0.393 e. The molecule has 0 amide bonds. The first-order valence-electron chi connectivity index (χ1n) is 4.86. The molecule has 0 bridgehead atoms.